The highest BCUT2D eigenvalue weighted by Crippen LogP contribution is 2.23. The number of hydrogen-bond acceptors (Lipinski definition) is 3. The lowest BCUT2D eigenvalue weighted by molar-refractivity contribution is -0.141. The van der Waals surface area contributed by atoms with Crippen molar-refractivity contribution in [3.05, 3.63) is 100 Å². The Labute approximate surface area is 222 Å². The first kappa shape index (κ1) is 27.1. The molecule has 1 N–H and O–H groups in total. The van der Waals surface area contributed by atoms with E-state index in [1.165, 1.54) is 0 Å². The molecule has 0 radical (unpaired) electrons. The second-order valence-electron chi connectivity index (χ2n) is 8.57. The molecule has 1 atom stereocenters. The lowest BCUT2D eigenvalue weighted by Crippen LogP contribution is -2.51. The van der Waals surface area contributed by atoms with E-state index in [9.17, 15) is 9.59 Å². The maximum atomic E-state index is 13.6. The Kier molecular flexibility index (Phi) is 10.5. The Morgan fingerprint density at radius 2 is 1.57 bits per heavy atom. The maximum Gasteiger partial charge on any atom is 0.243 e. The fourth-order valence-corrected chi connectivity index (χ4v) is 4.88. The number of carbonyl (C=O) groups excluding carboxylic acids is 2. The highest BCUT2D eigenvalue weighted by atomic mass is 35.5. The first-order chi connectivity index (χ1) is 16.8. The molecular formula is C28H30Cl2N2O2S. The molecule has 3 aromatic rings. The van der Waals surface area contributed by atoms with Crippen molar-refractivity contribution in [1.29, 1.82) is 0 Å². The van der Waals surface area contributed by atoms with Crippen LogP contribution in [0.5, 0.6) is 0 Å². The topological polar surface area (TPSA) is 49.4 Å². The van der Waals surface area contributed by atoms with Crippen molar-refractivity contribution in [3.8, 4) is 0 Å². The Hall–Kier alpha value is -2.47. The van der Waals surface area contributed by atoms with Gasteiger partial charge in [0.05, 0.1) is 0 Å². The summed E-state index contributed by atoms with van der Waals surface area (Å²) in [5, 5.41) is 4.28. The summed E-state index contributed by atoms with van der Waals surface area (Å²) < 4.78 is 0. The van der Waals surface area contributed by atoms with Gasteiger partial charge in [-0.3, -0.25) is 9.59 Å². The average Bonchev–Trinajstić information content (AvgIpc) is 2.82. The molecule has 0 aliphatic carbocycles. The van der Waals surface area contributed by atoms with Crippen LogP contribution in [0.4, 0.5) is 0 Å². The van der Waals surface area contributed by atoms with Gasteiger partial charge in [0.2, 0.25) is 11.8 Å². The molecule has 0 spiro atoms. The predicted octanol–water partition coefficient (Wildman–Crippen LogP) is 6.64. The van der Waals surface area contributed by atoms with Crippen LogP contribution in [0.1, 0.15) is 31.4 Å². The number of rotatable bonds is 11. The maximum absolute atomic E-state index is 13.6. The molecule has 4 nitrogen and oxygen atoms in total. The lowest BCUT2D eigenvalue weighted by Gasteiger charge is -2.32. The minimum absolute atomic E-state index is 0.0376. The van der Waals surface area contributed by atoms with Crippen LogP contribution in [0.15, 0.2) is 83.8 Å². The number of amides is 2. The number of thioether (sulfide) groups is 1. The van der Waals surface area contributed by atoms with Gasteiger partial charge in [-0.05, 0) is 61.4 Å². The van der Waals surface area contributed by atoms with E-state index in [1.807, 2.05) is 86.6 Å². The summed E-state index contributed by atoms with van der Waals surface area (Å²) in [6.45, 7) is 4.14. The summed E-state index contributed by atoms with van der Waals surface area (Å²) in [7, 11) is 0. The average molecular weight is 530 g/mol. The van der Waals surface area contributed by atoms with Crippen LogP contribution in [0.25, 0.3) is 0 Å². The zero-order valence-corrected chi connectivity index (χ0v) is 22.2. The smallest absolute Gasteiger partial charge is 0.243 e. The minimum Gasteiger partial charge on any atom is -0.352 e. The molecule has 0 bridgehead atoms. The lowest BCUT2D eigenvalue weighted by atomic mass is 10.0. The normalized spacial score (nSPS) is 11.8. The van der Waals surface area contributed by atoms with Gasteiger partial charge in [-0.2, -0.15) is 0 Å². The molecule has 3 rings (SSSR count). The van der Waals surface area contributed by atoms with E-state index in [2.05, 4.69) is 5.32 Å². The van der Waals surface area contributed by atoms with Gasteiger partial charge in [0, 0.05) is 46.1 Å². The molecule has 35 heavy (non-hydrogen) atoms. The van der Waals surface area contributed by atoms with Crippen molar-refractivity contribution < 1.29 is 9.59 Å². The van der Waals surface area contributed by atoms with E-state index in [-0.39, 0.29) is 17.9 Å². The van der Waals surface area contributed by atoms with Gasteiger partial charge in [-0.25, -0.2) is 0 Å². The van der Waals surface area contributed by atoms with E-state index >= 15 is 0 Å². The number of halogens is 2. The van der Waals surface area contributed by atoms with Crippen LogP contribution in [-0.2, 0) is 22.6 Å². The Morgan fingerprint density at radius 1 is 0.886 bits per heavy atom. The number of nitrogens with one attached hydrogen (secondary N) is 1. The van der Waals surface area contributed by atoms with Crippen LogP contribution < -0.4 is 5.32 Å². The van der Waals surface area contributed by atoms with Gasteiger partial charge in [0.15, 0.2) is 0 Å². The first-order valence-electron chi connectivity index (χ1n) is 11.6. The molecule has 3 aromatic carbocycles. The quantitative estimate of drug-likeness (QED) is 0.283. The number of benzene rings is 3. The number of hydrogen-bond donors (Lipinski definition) is 1. The third-order valence-electron chi connectivity index (χ3n) is 5.34. The number of carbonyl (C=O) groups is 2. The van der Waals surface area contributed by atoms with E-state index < -0.39 is 6.04 Å². The van der Waals surface area contributed by atoms with Crippen LogP contribution in [0, 0.1) is 0 Å². The molecule has 0 aliphatic heterocycles. The van der Waals surface area contributed by atoms with Gasteiger partial charge in [-0.15, -0.1) is 11.8 Å². The van der Waals surface area contributed by atoms with Gasteiger partial charge in [-0.1, -0.05) is 65.7 Å². The zero-order valence-electron chi connectivity index (χ0n) is 19.9. The number of nitrogens with zero attached hydrogens (tertiary/aromatic N) is 1. The van der Waals surface area contributed by atoms with Crippen molar-refractivity contribution in [2.75, 3.05) is 5.75 Å². The Bertz CT molecular complexity index is 1110. The van der Waals surface area contributed by atoms with Crippen molar-refractivity contribution in [3.63, 3.8) is 0 Å². The molecule has 0 saturated heterocycles. The molecule has 0 aliphatic rings. The summed E-state index contributed by atoms with van der Waals surface area (Å²) >= 11 is 13.8. The van der Waals surface area contributed by atoms with Crippen molar-refractivity contribution >= 4 is 46.8 Å². The third-order valence-corrected chi connectivity index (χ3v) is 6.84. The van der Waals surface area contributed by atoms with Crippen LogP contribution in [0.2, 0.25) is 10.0 Å². The standard InChI is InChI=1S/C28H30Cl2N2O2S/c1-20(2)31-28(34)26(18-21-7-4-3-5-8-21)32(19-22-9-6-10-24(30)17-22)27(33)15-16-35-25-13-11-23(29)12-14-25/h3-14,17,20,26H,15-16,18-19H2,1-2H3,(H,31,34). The van der Waals surface area contributed by atoms with Gasteiger partial charge in [0.1, 0.15) is 6.04 Å². The Balaban J connectivity index is 1.84. The summed E-state index contributed by atoms with van der Waals surface area (Å²) in [4.78, 5) is 29.7. The van der Waals surface area contributed by atoms with Gasteiger partial charge in [0.25, 0.3) is 0 Å². The zero-order chi connectivity index (χ0) is 25.2. The summed E-state index contributed by atoms with van der Waals surface area (Å²) in [5.41, 5.74) is 1.88. The second kappa shape index (κ2) is 13.6. The molecule has 2 amide bonds. The van der Waals surface area contributed by atoms with E-state index in [1.54, 1.807) is 22.7 Å². The fourth-order valence-electron chi connectivity index (χ4n) is 3.70. The summed E-state index contributed by atoms with van der Waals surface area (Å²) in [6, 6.07) is 24.1. The van der Waals surface area contributed by atoms with E-state index in [0.29, 0.717) is 35.2 Å². The first-order valence-corrected chi connectivity index (χ1v) is 13.3. The highest BCUT2D eigenvalue weighted by molar-refractivity contribution is 7.99. The van der Waals surface area contributed by atoms with Crippen LogP contribution >= 0.6 is 35.0 Å². The second-order valence-corrected chi connectivity index (χ2v) is 10.6. The summed E-state index contributed by atoms with van der Waals surface area (Å²) in [6.07, 6.45) is 0.726. The van der Waals surface area contributed by atoms with Gasteiger partial charge >= 0.3 is 0 Å². The van der Waals surface area contributed by atoms with Gasteiger partial charge < -0.3 is 10.2 Å². The molecule has 7 heteroatoms. The molecular weight excluding hydrogens is 499 g/mol. The largest absolute Gasteiger partial charge is 0.352 e. The molecule has 0 saturated carbocycles. The van der Waals surface area contributed by atoms with E-state index in [0.717, 1.165) is 16.0 Å². The van der Waals surface area contributed by atoms with Crippen LogP contribution in [-0.4, -0.2) is 34.6 Å². The van der Waals surface area contributed by atoms with Crippen molar-refractivity contribution in [1.82, 2.24) is 10.2 Å². The molecule has 0 heterocycles. The minimum atomic E-state index is -0.646. The molecule has 1 unspecified atom stereocenters. The van der Waals surface area contributed by atoms with Crippen molar-refractivity contribution in [2.24, 2.45) is 0 Å². The summed E-state index contributed by atoms with van der Waals surface area (Å²) in [5.74, 6) is 0.354. The monoisotopic (exact) mass is 528 g/mol. The SMILES string of the molecule is CC(C)NC(=O)C(Cc1ccccc1)N(Cc1cccc(Cl)c1)C(=O)CCSc1ccc(Cl)cc1. The fraction of sp³-hybridized carbons (Fsp3) is 0.286. The highest BCUT2D eigenvalue weighted by Gasteiger charge is 2.30. The van der Waals surface area contributed by atoms with Crippen molar-refractivity contribution in [2.45, 2.75) is 50.2 Å². The Morgan fingerprint density at radius 3 is 2.23 bits per heavy atom. The van der Waals surface area contributed by atoms with E-state index in [4.69, 9.17) is 23.2 Å². The molecule has 0 aromatic heterocycles. The third kappa shape index (κ3) is 8.92. The predicted molar refractivity (Wildman–Crippen MR) is 146 cm³/mol. The van der Waals surface area contributed by atoms with Crippen LogP contribution in [0.3, 0.4) is 0 Å². The molecule has 184 valence electrons. The molecule has 0 fully saturated rings.